The van der Waals surface area contributed by atoms with Crippen LogP contribution >= 0.6 is 12.4 Å². The molecule has 6 nitrogen and oxygen atoms in total. The van der Waals surface area contributed by atoms with E-state index in [1.54, 1.807) is 4.31 Å². The first-order chi connectivity index (χ1) is 10.5. The third-order valence-corrected chi connectivity index (χ3v) is 6.53. The van der Waals surface area contributed by atoms with Crippen molar-refractivity contribution in [3.8, 4) is 11.8 Å². The van der Waals surface area contributed by atoms with Crippen LogP contribution in [0.2, 0.25) is 0 Å². The molecule has 0 radical (unpaired) electrons. The Morgan fingerprint density at radius 1 is 1.39 bits per heavy atom. The number of benzene rings is 1. The number of nitrogens with zero attached hydrogens (tertiary/aromatic N) is 2. The van der Waals surface area contributed by atoms with Gasteiger partial charge in [0.05, 0.1) is 18.7 Å². The summed E-state index contributed by atoms with van der Waals surface area (Å²) in [5, 5.41) is 12.3. The van der Waals surface area contributed by atoms with Crippen molar-refractivity contribution >= 4 is 22.4 Å². The zero-order valence-corrected chi connectivity index (χ0v) is 14.5. The van der Waals surface area contributed by atoms with E-state index in [9.17, 15) is 8.42 Å². The third-order valence-electron chi connectivity index (χ3n) is 4.65. The topological polar surface area (TPSA) is 82.4 Å². The summed E-state index contributed by atoms with van der Waals surface area (Å²) in [7, 11) is -2.18. The van der Waals surface area contributed by atoms with Crippen LogP contribution in [0.3, 0.4) is 0 Å². The SMILES string of the molecule is COc1cc(C#N)ccc1S(=O)(=O)N1CCC2(CCNC2)C1.Cl. The lowest BCUT2D eigenvalue weighted by Crippen LogP contribution is -2.33. The molecule has 1 atom stereocenters. The molecule has 2 saturated heterocycles. The van der Waals surface area contributed by atoms with Crippen LogP contribution in [0.1, 0.15) is 18.4 Å². The zero-order chi connectivity index (χ0) is 15.8. The van der Waals surface area contributed by atoms with E-state index in [1.165, 1.54) is 25.3 Å². The van der Waals surface area contributed by atoms with Gasteiger partial charge in [-0.1, -0.05) is 0 Å². The van der Waals surface area contributed by atoms with Crippen molar-refractivity contribution in [2.45, 2.75) is 17.7 Å². The van der Waals surface area contributed by atoms with E-state index in [0.717, 1.165) is 25.9 Å². The molecular weight excluding hydrogens is 338 g/mol. The van der Waals surface area contributed by atoms with Crippen LogP contribution in [0, 0.1) is 16.7 Å². The summed E-state index contributed by atoms with van der Waals surface area (Å²) in [6.45, 7) is 2.91. The van der Waals surface area contributed by atoms with Crippen molar-refractivity contribution < 1.29 is 13.2 Å². The Labute approximate surface area is 142 Å². The summed E-state index contributed by atoms with van der Waals surface area (Å²) in [4.78, 5) is 0.136. The fraction of sp³-hybridized carbons (Fsp3) is 0.533. The molecule has 2 heterocycles. The highest BCUT2D eigenvalue weighted by Gasteiger charge is 2.45. The molecule has 0 aliphatic carbocycles. The maximum atomic E-state index is 12.9. The number of nitrogens with one attached hydrogen (secondary N) is 1. The second kappa shape index (κ2) is 6.65. The quantitative estimate of drug-likeness (QED) is 0.883. The van der Waals surface area contributed by atoms with Gasteiger partial charge in [0.1, 0.15) is 10.6 Å². The number of sulfonamides is 1. The first kappa shape index (κ1) is 18.0. The number of rotatable bonds is 3. The molecule has 0 aromatic heterocycles. The Morgan fingerprint density at radius 2 is 2.17 bits per heavy atom. The monoisotopic (exact) mass is 357 g/mol. The van der Waals surface area contributed by atoms with Gasteiger partial charge in [-0.15, -0.1) is 12.4 Å². The molecule has 23 heavy (non-hydrogen) atoms. The standard InChI is InChI=1S/C15H19N3O3S.ClH/c1-21-13-8-12(9-16)2-3-14(13)22(19,20)18-7-5-15(11-18)4-6-17-10-15;/h2-3,8,17H,4-7,10-11H2,1H3;1H. The van der Waals surface area contributed by atoms with Gasteiger partial charge in [-0.05, 0) is 43.0 Å². The molecular formula is C15H20ClN3O3S. The lowest BCUT2D eigenvalue weighted by molar-refractivity contribution is 0.337. The van der Waals surface area contributed by atoms with E-state index >= 15 is 0 Å². The summed E-state index contributed by atoms with van der Waals surface area (Å²) < 4.78 is 32.5. The van der Waals surface area contributed by atoms with E-state index in [2.05, 4.69) is 5.32 Å². The minimum absolute atomic E-state index is 0. The Kier molecular flexibility index (Phi) is 5.21. The molecule has 8 heteroatoms. The number of hydrogen-bond donors (Lipinski definition) is 1. The number of halogens is 1. The van der Waals surface area contributed by atoms with Crippen LogP contribution < -0.4 is 10.1 Å². The summed E-state index contributed by atoms with van der Waals surface area (Å²) in [5.41, 5.74) is 0.459. The average Bonchev–Trinajstić information content (AvgIpc) is 3.17. The van der Waals surface area contributed by atoms with Crippen LogP contribution in [-0.2, 0) is 10.0 Å². The number of nitriles is 1. The minimum atomic E-state index is -3.60. The van der Waals surface area contributed by atoms with Crippen LogP contribution in [0.4, 0.5) is 0 Å². The fourth-order valence-corrected chi connectivity index (χ4v) is 5.02. The van der Waals surface area contributed by atoms with Crippen molar-refractivity contribution in [1.82, 2.24) is 9.62 Å². The van der Waals surface area contributed by atoms with Crippen LogP contribution in [0.15, 0.2) is 23.1 Å². The summed E-state index contributed by atoms with van der Waals surface area (Å²) >= 11 is 0. The van der Waals surface area contributed by atoms with Gasteiger partial charge in [-0.3, -0.25) is 0 Å². The van der Waals surface area contributed by atoms with Crippen molar-refractivity contribution in [1.29, 1.82) is 5.26 Å². The van der Waals surface area contributed by atoms with Crippen molar-refractivity contribution in [3.05, 3.63) is 23.8 Å². The maximum absolute atomic E-state index is 12.9. The van der Waals surface area contributed by atoms with Crippen LogP contribution in [0.25, 0.3) is 0 Å². The molecule has 3 rings (SSSR count). The first-order valence-corrected chi connectivity index (χ1v) is 8.74. The predicted octanol–water partition coefficient (Wildman–Crippen LogP) is 1.36. The molecule has 1 aromatic rings. The summed E-state index contributed by atoms with van der Waals surface area (Å²) in [6, 6.07) is 6.44. The molecule has 1 aromatic carbocycles. The van der Waals surface area contributed by atoms with Gasteiger partial charge < -0.3 is 10.1 Å². The Balaban J connectivity index is 0.00000192. The summed E-state index contributed by atoms with van der Waals surface area (Å²) in [5.74, 6) is 0.226. The van der Waals surface area contributed by atoms with Gasteiger partial charge in [0.25, 0.3) is 0 Å². The zero-order valence-electron chi connectivity index (χ0n) is 12.9. The van der Waals surface area contributed by atoms with Gasteiger partial charge in [-0.2, -0.15) is 9.57 Å². The Bertz CT molecular complexity index is 724. The highest BCUT2D eigenvalue weighted by Crippen LogP contribution is 2.39. The second-order valence-electron chi connectivity index (χ2n) is 5.99. The van der Waals surface area contributed by atoms with Gasteiger partial charge in [-0.25, -0.2) is 8.42 Å². The fourth-order valence-electron chi connectivity index (χ4n) is 3.33. The van der Waals surface area contributed by atoms with Crippen LogP contribution in [0.5, 0.6) is 5.75 Å². The predicted molar refractivity (Wildman–Crippen MR) is 88.3 cm³/mol. The molecule has 2 fully saturated rings. The van der Waals surface area contributed by atoms with E-state index in [1.807, 2.05) is 6.07 Å². The van der Waals surface area contributed by atoms with Crippen molar-refractivity contribution in [2.75, 3.05) is 33.3 Å². The number of methoxy groups -OCH3 is 1. The van der Waals surface area contributed by atoms with Crippen molar-refractivity contribution in [2.24, 2.45) is 5.41 Å². The molecule has 0 amide bonds. The highest BCUT2D eigenvalue weighted by atomic mass is 35.5. The number of hydrogen-bond acceptors (Lipinski definition) is 5. The lowest BCUT2D eigenvalue weighted by Gasteiger charge is -2.23. The van der Waals surface area contributed by atoms with Gasteiger partial charge in [0.2, 0.25) is 10.0 Å². The molecule has 0 bridgehead atoms. The smallest absolute Gasteiger partial charge is 0.246 e. The molecule has 1 unspecified atom stereocenters. The van der Waals surface area contributed by atoms with E-state index in [4.69, 9.17) is 10.00 Å². The van der Waals surface area contributed by atoms with Gasteiger partial charge in [0, 0.05) is 19.6 Å². The highest BCUT2D eigenvalue weighted by molar-refractivity contribution is 7.89. The Morgan fingerprint density at radius 3 is 2.78 bits per heavy atom. The van der Waals surface area contributed by atoms with E-state index < -0.39 is 10.0 Å². The lowest BCUT2D eigenvalue weighted by atomic mass is 9.87. The largest absolute Gasteiger partial charge is 0.495 e. The first-order valence-electron chi connectivity index (χ1n) is 7.30. The normalized spacial score (nSPS) is 24.3. The Hall–Kier alpha value is -1.33. The summed E-state index contributed by atoms with van der Waals surface area (Å²) in [6.07, 6.45) is 1.90. The molecule has 0 saturated carbocycles. The van der Waals surface area contributed by atoms with E-state index in [-0.39, 0.29) is 28.5 Å². The third kappa shape index (κ3) is 3.17. The van der Waals surface area contributed by atoms with Gasteiger partial charge >= 0.3 is 0 Å². The molecule has 1 spiro atoms. The van der Waals surface area contributed by atoms with Crippen LogP contribution in [-0.4, -0.2) is 46.0 Å². The maximum Gasteiger partial charge on any atom is 0.246 e. The van der Waals surface area contributed by atoms with Crippen molar-refractivity contribution in [3.63, 3.8) is 0 Å². The van der Waals surface area contributed by atoms with E-state index in [0.29, 0.717) is 18.7 Å². The average molecular weight is 358 g/mol. The number of ether oxygens (including phenoxy) is 1. The second-order valence-corrected chi connectivity index (χ2v) is 7.90. The molecule has 126 valence electrons. The molecule has 2 aliphatic heterocycles. The minimum Gasteiger partial charge on any atom is -0.495 e. The molecule has 1 N–H and O–H groups in total. The van der Waals surface area contributed by atoms with Gasteiger partial charge in [0.15, 0.2) is 0 Å². The molecule has 2 aliphatic rings.